The van der Waals surface area contributed by atoms with Gasteiger partial charge in [-0.3, -0.25) is 14.9 Å². The van der Waals surface area contributed by atoms with Gasteiger partial charge in [0.25, 0.3) is 5.69 Å². The fraction of sp³-hybridized carbons (Fsp3) is 0.533. The Morgan fingerprint density at radius 2 is 1.80 bits per heavy atom. The van der Waals surface area contributed by atoms with Crippen LogP contribution in [0.5, 0.6) is 0 Å². The molecule has 1 aromatic rings. The summed E-state index contributed by atoms with van der Waals surface area (Å²) < 4.78 is 0. The van der Waals surface area contributed by atoms with Gasteiger partial charge >= 0.3 is 0 Å². The zero-order valence-electron chi connectivity index (χ0n) is 11.5. The van der Waals surface area contributed by atoms with Crippen LogP contribution >= 0.6 is 0 Å². The first-order valence-electron chi connectivity index (χ1n) is 7.21. The second-order valence-electron chi connectivity index (χ2n) is 5.34. The average molecular weight is 276 g/mol. The first-order valence-corrected chi connectivity index (χ1v) is 7.21. The molecule has 1 aromatic carbocycles. The quantitative estimate of drug-likeness (QED) is 0.513. The molecule has 0 spiro atoms. The Hall–Kier alpha value is -1.91. The number of anilines is 1. The van der Waals surface area contributed by atoms with E-state index in [4.69, 9.17) is 0 Å². The van der Waals surface area contributed by atoms with Crippen LogP contribution in [0.15, 0.2) is 18.2 Å². The molecule has 0 heterocycles. The van der Waals surface area contributed by atoms with Gasteiger partial charge in [-0.05, 0) is 25.0 Å². The molecule has 5 heteroatoms. The number of carbonyl (C=O) groups excluding carboxylic acids is 1. The minimum Gasteiger partial charge on any atom is -0.377 e. The summed E-state index contributed by atoms with van der Waals surface area (Å²) >= 11 is 0. The third-order valence-corrected chi connectivity index (χ3v) is 3.82. The first kappa shape index (κ1) is 14.5. The molecule has 2 rings (SSSR count). The molecule has 5 nitrogen and oxygen atoms in total. The van der Waals surface area contributed by atoms with Crippen molar-refractivity contribution in [1.82, 2.24) is 0 Å². The van der Waals surface area contributed by atoms with Crippen molar-refractivity contribution >= 4 is 17.7 Å². The molecule has 0 aliphatic heterocycles. The lowest BCUT2D eigenvalue weighted by molar-refractivity contribution is -0.384. The van der Waals surface area contributed by atoms with Crippen molar-refractivity contribution in [2.24, 2.45) is 0 Å². The summed E-state index contributed by atoms with van der Waals surface area (Å²) in [6.07, 6.45) is 8.83. The maximum Gasteiger partial charge on any atom is 0.293 e. The van der Waals surface area contributed by atoms with Gasteiger partial charge in [0.05, 0.1) is 4.92 Å². The van der Waals surface area contributed by atoms with E-state index in [1.165, 1.54) is 25.3 Å². The molecule has 1 aliphatic rings. The van der Waals surface area contributed by atoms with Gasteiger partial charge in [-0.1, -0.05) is 32.1 Å². The number of benzene rings is 1. The van der Waals surface area contributed by atoms with E-state index in [0.29, 0.717) is 17.5 Å². The van der Waals surface area contributed by atoms with Crippen molar-refractivity contribution in [3.63, 3.8) is 0 Å². The molecule has 0 amide bonds. The van der Waals surface area contributed by atoms with E-state index in [0.717, 1.165) is 25.7 Å². The Balaban J connectivity index is 2.14. The average Bonchev–Trinajstić information content (AvgIpc) is 2.41. The van der Waals surface area contributed by atoms with E-state index in [-0.39, 0.29) is 11.7 Å². The third-order valence-electron chi connectivity index (χ3n) is 3.82. The Labute approximate surface area is 118 Å². The van der Waals surface area contributed by atoms with Crippen molar-refractivity contribution in [3.05, 3.63) is 33.9 Å². The summed E-state index contributed by atoms with van der Waals surface area (Å²) in [6.45, 7) is 0. The van der Waals surface area contributed by atoms with Crippen molar-refractivity contribution < 1.29 is 9.72 Å². The molecule has 0 atom stereocenters. The van der Waals surface area contributed by atoms with Crippen LogP contribution in [-0.2, 0) is 0 Å². The van der Waals surface area contributed by atoms with Crippen LogP contribution in [0, 0.1) is 10.1 Å². The van der Waals surface area contributed by atoms with Gasteiger partial charge in [0, 0.05) is 17.7 Å². The molecule has 0 aromatic heterocycles. The summed E-state index contributed by atoms with van der Waals surface area (Å²) in [7, 11) is 0. The molecule has 0 unspecified atom stereocenters. The molecule has 20 heavy (non-hydrogen) atoms. The van der Waals surface area contributed by atoms with E-state index in [9.17, 15) is 14.9 Å². The summed E-state index contributed by atoms with van der Waals surface area (Å²) in [6, 6.07) is 4.88. The maximum absolute atomic E-state index is 11.1. The molecule has 1 aliphatic carbocycles. The Bertz CT molecular complexity index is 480. The lowest BCUT2D eigenvalue weighted by Crippen LogP contribution is -2.21. The molecule has 108 valence electrons. The van der Waals surface area contributed by atoms with Crippen molar-refractivity contribution in [2.75, 3.05) is 5.32 Å². The molecular formula is C15H20N2O3. The number of hydrogen-bond donors (Lipinski definition) is 1. The molecule has 0 saturated heterocycles. The number of rotatable bonds is 4. The smallest absolute Gasteiger partial charge is 0.293 e. The molecule has 0 bridgehead atoms. The van der Waals surface area contributed by atoms with E-state index in [2.05, 4.69) is 5.32 Å². The minimum absolute atomic E-state index is 0.0170. The topological polar surface area (TPSA) is 72.2 Å². The molecule has 0 radical (unpaired) electrons. The second-order valence-corrected chi connectivity index (χ2v) is 5.34. The van der Waals surface area contributed by atoms with E-state index >= 15 is 0 Å². The van der Waals surface area contributed by atoms with E-state index < -0.39 is 4.92 Å². The van der Waals surface area contributed by atoms with Crippen LogP contribution in [0.2, 0.25) is 0 Å². The summed E-state index contributed by atoms with van der Waals surface area (Å²) in [5.41, 5.74) is 0.836. The van der Waals surface area contributed by atoms with Gasteiger partial charge in [0.15, 0.2) is 0 Å². The Morgan fingerprint density at radius 3 is 2.40 bits per heavy atom. The van der Waals surface area contributed by atoms with Crippen LogP contribution in [-0.4, -0.2) is 17.3 Å². The minimum atomic E-state index is -0.432. The SMILES string of the molecule is O=Cc1ccc(NC2CCCCCCC2)c([N+](=O)[O-])c1. The Kier molecular flexibility index (Phi) is 5.09. The van der Waals surface area contributed by atoms with Crippen LogP contribution in [0.1, 0.15) is 55.3 Å². The fourth-order valence-electron chi connectivity index (χ4n) is 2.72. The maximum atomic E-state index is 11.1. The number of hydrogen-bond acceptors (Lipinski definition) is 4. The molecule has 1 saturated carbocycles. The summed E-state index contributed by atoms with van der Waals surface area (Å²) in [5.74, 6) is 0. The van der Waals surface area contributed by atoms with Crippen LogP contribution in [0.3, 0.4) is 0 Å². The lowest BCUT2D eigenvalue weighted by atomic mass is 9.96. The van der Waals surface area contributed by atoms with Crippen LogP contribution < -0.4 is 5.32 Å². The lowest BCUT2D eigenvalue weighted by Gasteiger charge is -2.22. The highest BCUT2D eigenvalue weighted by Gasteiger charge is 2.18. The number of carbonyl (C=O) groups is 1. The van der Waals surface area contributed by atoms with Gasteiger partial charge in [-0.15, -0.1) is 0 Å². The van der Waals surface area contributed by atoms with Crippen molar-refractivity contribution in [3.8, 4) is 0 Å². The van der Waals surface area contributed by atoms with Crippen molar-refractivity contribution in [1.29, 1.82) is 0 Å². The first-order chi connectivity index (χ1) is 9.70. The predicted molar refractivity (Wildman–Crippen MR) is 78.2 cm³/mol. The predicted octanol–water partition coefficient (Wildman–Crippen LogP) is 3.93. The summed E-state index contributed by atoms with van der Waals surface area (Å²) in [5, 5.41) is 14.4. The number of nitrogens with zero attached hydrogens (tertiary/aromatic N) is 1. The van der Waals surface area contributed by atoms with Crippen molar-refractivity contribution in [2.45, 2.75) is 51.0 Å². The van der Waals surface area contributed by atoms with Gasteiger partial charge in [-0.2, -0.15) is 0 Å². The van der Waals surface area contributed by atoms with Crippen LogP contribution in [0.25, 0.3) is 0 Å². The molecular weight excluding hydrogens is 256 g/mol. The normalized spacial score (nSPS) is 17.0. The van der Waals surface area contributed by atoms with E-state index in [1.54, 1.807) is 12.1 Å². The van der Waals surface area contributed by atoms with Gasteiger partial charge in [0.1, 0.15) is 12.0 Å². The van der Waals surface area contributed by atoms with Gasteiger partial charge in [-0.25, -0.2) is 0 Å². The monoisotopic (exact) mass is 276 g/mol. The highest BCUT2D eigenvalue weighted by molar-refractivity contribution is 5.79. The number of nitrogens with one attached hydrogen (secondary N) is 1. The standard InChI is InChI=1S/C15H20N2O3/c18-11-12-8-9-14(15(10-12)17(19)20)16-13-6-4-2-1-3-5-7-13/h8-11,13,16H,1-7H2. The van der Waals surface area contributed by atoms with Gasteiger partial charge in [0.2, 0.25) is 0 Å². The largest absolute Gasteiger partial charge is 0.377 e. The second kappa shape index (κ2) is 7.03. The number of aldehydes is 1. The Morgan fingerprint density at radius 1 is 1.15 bits per heavy atom. The highest BCUT2D eigenvalue weighted by Crippen LogP contribution is 2.28. The highest BCUT2D eigenvalue weighted by atomic mass is 16.6. The zero-order chi connectivity index (χ0) is 14.4. The van der Waals surface area contributed by atoms with Gasteiger partial charge < -0.3 is 5.32 Å². The fourth-order valence-corrected chi connectivity index (χ4v) is 2.72. The number of nitro benzene ring substituents is 1. The van der Waals surface area contributed by atoms with E-state index in [1.807, 2.05) is 0 Å². The zero-order valence-corrected chi connectivity index (χ0v) is 11.5. The summed E-state index contributed by atoms with van der Waals surface area (Å²) in [4.78, 5) is 21.4. The van der Waals surface area contributed by atoms with Crippen LogP contribution in [0.4, 0.5) is 11.4 Å². The number of nitro groups is 1. The third kappa shape index (κ3) is 3.79. The molecule has 1 fully saturated rings. The molecule has 1 N–H and O–H groups in total.